The minimum atomic E-state index is 0.246. The summed E-state index contributed by atoms with van der Waals surface area (Å²) < 4.78 is 0. The van der Waals surface area contributed by atoms with Crippen molar-refractivity contribution in [1.29, 1.82) is 0 Å². The smallest absolute Gasteiger partial charge is 0.0438 e. The number of benzene rings is 1. The molecule has 0 bridgehead atoms. The molecule has 0 saturated carbocycles. The Labute approximate surface area is 123 Å². The van der Waals surface area contributed by atoms with Crippen LogP contribution in [-0.2, 0) is 6.42 Å². The van der Waals surface area contributed by atoms with Crippen LogP contribution in [0.4, 0.5) is 0 Å². The van der Waals surface area contributed by atoms with Crippen molar-refractivity contribution in [3.63, 3.8) is 0 Å². The molecule has 1 aromatic carbocycles. The van der Waals surface area contributed by atoms with E-state index >= 15 is 0 Å². The maximum absolute atomic E-state index is 6.18. The highest BCUT2D eigenvalue weighted by Crippen LogP contribution is 2.18. The molecule has 0 aromatic heterocycles. The van der Waals surface area contributed by atoms with Crippen molar-refractivity contribution in [2.24, 2.45) is 5.73 Å². The molecule has 0 aliphatic rings. The maximum Gasteiger partial charge on any atom is 0.0438 e. The van der Waals surface area contributed by atoms with Crippen molar-refractivity contribution in [2.75, 3.05) is 0 Å². The van der Waals surface area contributed by atoms with Gasteiger partial charge in [0, 0.05) is 11.1 Å². The monoisotopic (exact) mass is 281 g/mol. The molecule has 0 aliphatic carbocycles. The SMILES string of the molecule is CCCCCCCCCC(N)Cc1ccccc1Cl. The molecule has 0 saturated heterocycles. The fraction of sp³-hybridized carbons (Fsp3) is 0.647. The van der Waals surface area contributed by atoms with Crippen LogP contribution in [0.15, 0.2) is 24.3 Å². The van der Waals surface area contributed by atoms with Gasteiger partial charge in [-0.2, -0.15) is 0 Å². The van der Waals surface area contributed by atoms with Crippen molar-refractivity contribution >= 4 is 11.6 Å². The second-order valence-corrected chi connectivity index (χ2v) is 5.87. The van der Waals surface area contributed by atoms with Crippen LogP contribution in [0, 0.1) is 0 Å². The number of hydrogen-bond acceptors (Lipinski definition) is 1. The predicted octanol–water partition coefficient (Wildman–Crippen LogP) is 5.35. The van der Waals surface area contributed by atoms with E-state index in [4.69, 9.17) is 17.3 Å². The van der Waals surface area contributed by atoms with Gasteiger partial charge in [0.2, 0.25) is 0 Å². The first-order chi connectivity index (χ1) is 9.24. The molecule has 0 amide bonds. The summed E-state index contributed by atoms with van der Waals surface area (Å²) in [5.74, 6) is 0. The van der Waals surface area contributed by atoms with Crippen LogP contribution in [-0.4, -0.2) is 6.04 Å². The standard InChI is InChI=1S/C17H28ClN/c1-2-3-4-5-6-7-8-12-16(19)14-15-11-9-10-13-17(15)18/h9-11,13,16H,2-8,12,14,19H2,1H3. The van der Waals surface area contributed by atoms with E-state index in [1.807, 2.05) is 18.2 Å². The van der Waals surface area contributed by atoms with Crippen molar-refractivity contribution in [1.82, 2.24) is 0 Å². The number of hydrogen-bond donors (Lipinski definition) is 1. The first-order valence-corrected chi connectivity index (χ1v) is 8.10. The lowest BCUT2D eigenvalue weighted by Gasteiger charge is -2.12. The Balaban J connectivity index is 2.08. The van der Waals surface area contributed by atoms with Gasteiger partial charge in [0.15, 0.2) is 0 Å². The normalized spacial score (nSPS) is 12.6. The van der Waals surface area contributed by atoms with E-state index < -0.39 is 0 Å². The molecule has 0 heterocycles. The third-order valence-electron chi connectivity index (χ3n) is 3.62. The molecular weight excluding hydrogens is 254 g/mol. The molecule has 0 aliphatic heterocycles. The van der Waals surface area contributed by atoms with E-state index in [0.29, 0.717) is 0 Å². The van der Waals surface area contributed by atoms with Crippen molar-refractivity contribution < 1.29 is 0 Å². The minimum Gasteiger partial charge on any atom is -0.327 e. The van der Waals surface area contributed by atoms with E-state index in [2.05, 4.69) is 13.0 Å². The summed E-state index contributed by atoms with van der Waals surface area (Å²) in [6.45, 7) is 2.26. The molecule has 0 fully saturated rings. The zero-order valence-corrected chi connectivity index (χ0v) is 13.0. The lowest BCUT2D eigenvalue weighted by atomic mass is 10.0. The zero-order chi connectivity index (χ0) is 13.9. The van der Waals surface area contributed by atoms with E-state index in [1.165, 1.54) is 50.5 Å². The molecule has 0 spiro atoms. The Hall–Kier alpha value is -0.530. The first kappa shape index (κ1) is 16.5. The van der Waals surface area contributed by atoms with E-state index in [1.54, 1.807) is 0 Å². The topological polar surface area (TPSA) is 26.0 Å². The van der Waals surface area contributed by atoms with Gasteiger partial charge < -0.3 is 5.73 Å². The van der Waals surface area contributed by atoms with Crippen molar-refractivity contribution in [3.05, 3.63) is 34.9 Å². The fourth-order valence-electron chi connectivity index (χ4n) is 2.41. The largest absolute Gasteiger partial charge is 0.327 e. The highest BCUT2D eigenvalue weighted by molar-refractivity contribution is 6.31. The molecular formula is C17H28ClN. The molecule has 1 nitrogen and oxygen atoms in total. The third kappa shape index (κ3) is 7.59. The quantitative estimate of drug-likeness (QED) is 0.575. The Kier molecular flexibility index (Phi) is 8.94. The molecule has 2 N–H and O–H groups in total. The Morgan fingerprint density at radius 3 is 2.32 bits per heavy atom. The van der Waals surface area contributed by atoms with Crippen LogP contribution in [0.25, 0.3) is 0 Å². The van der Waals surface area contributed by atoms with Crippen LogP contribution in [0.1, 0.15) is 63.9 Å². The van der Waals surface area contributed by atoms with Gasteiger partial charge in [-0.15, -0.1) is 0 Å². The third-order valence-corrected chi connectivity index (χ3v) is 3.99. The van der Waals surface area contributed by atoms with Gasteiger partial charge in [0.1, 0.15) is 0 Å². The first-order valence-electron chi connectivity index (χ1n) is 7.73. The second kappa shape index (κ2) is 10.3. The fourth-order valence-corrected chi connectivity index (χ4v) is 2.62. The lowest BCUT2D eigenvalue weighted by Crippen LogP contribution is -2.22. The van der Waals surface area contributed by atoms with Crippen LogP contribution >= 0.6 is 11.6 Å². The number of unbranched alkanes of at least 4 members (excludes halogenated alkanes) is 6. The summed E-state index contributed by atoms with van der Waals surface area (Å²) in [5.41, 5.74) is 7.36. The van der Waals surface area contributed by atoms with Crippen LogP contribution in [0.3, 0.4) is 0 Å². The van der Waals surface area contributed by atoms with E-state index in [-0.39, 0.29) is 6.04 Å². The summed E-state index contributed by atoms with van der Waals surface area (Å²) in [6.07, 6.45) is 11.4. The molecule has 1 rings (SSSR count). The Morgan fingerprint density at radius 1 is 1.00 bits per heavy atom. The molecule has 0 radical (unpaired) electrons. The van der Waals surface area contributed by atoms with Crippen LogP contribution in [0.2, 0.25) is 5.02 Å². The zero-order valence-electron chi connectivity index (χ0n) is 12.2. The van der Waals surface area contributed by atoms with Crippen LogP contribution in [0.5, 0.6) is 0 Å². The Bertz CT molecular complexity index is 338. The van der Waals surface area contributed by atoms with Gasteiger partial charge in [-0.25, -0.2) is 0 Å². The minimum absolute atomic E-state index is 0.246. The van der Waals surface area contributed by atoms with E-state index in [9.17, 15) is 0 Å². The molecule has 2 heteroatoms. The molecule has 1 atom stereocenters. The van der Waals surface area contributed by atoms with Gasteiger partial charge in [-0.3, -0.25) is 0 Å². The number of halogens is 1. The summed E-state index contributed by atoms with van der Waals surface area (Å²) in [6, 6.07) is 8.26. The highest BCUT2D eigenvalue weighted by Gasteiger charge is 2.06. The van der Waals surface area contributed by atoms with E-state index in [0.717, 1.165) is 17.9 Å². The van der Waals surface area contributed by atoms with Gasteiger partial charge in [-0.05, 0) is 24.5 Å². The summed E-state index contributed by atoms with van der Waals surface area (Å²) in [4.78, 5) is 0. The average Bonchev–Trinajstić information content (AvgIpc) is 2.40. The van der Waals surface area contributed by atoms with Crippen LogP contribution < -0.4 is 5.73 Å². The molecule has 19 heavy (non-hydrogen) atoms. The van der Waals surface area contributed by atoms with Crippen molar-refractivity contribution in [3.8, 4) is 0 Å². The van der Waals surface area contributed by atoms with Gasteiger partial charge >= 0.3 is 0 Å². The lowest BCUT2D eigenvalue weighted by molar-refractivity contribution is 0.528. The average molecular weight is 282 g/mol. The van der Waals surface area contributed by atoms with Gasteiger partial charge in [0.25, 0.3) is 0 Å². The number of rotatable bonds is 10. The highest BCUT2D eigenvalue weighted by atomic mass is 35.5. The molecule has 1 unspecified atom stereocenters. The van der Waals surface area contributed by atoms with Crippen molar-refractivity contribution in [2.45, 2.75) is 70.8 Å². The van der Waals surface area contributed by atoms with Gasteiger partial charge in [0.05, 0.1) is 0 Å². The van der Waals surface area contributed by atoms with Gasteiger partial charge in [-0.1, -0.05) is 81.7 Å². The summed E-state index contributed by atoms with van der Waals surface area (Å²) in [7, 11) is 0. The maximum atomic E-state index is 6.18. The summed E-state index contributed by atoms with van der Waals surface area (Å²) >= 11 is 6.15. The second-order valence-electron chi connectivity index (χ2n) is 5.47. The predicted molar refractivity (Wildman–Crippen MR) is 85.7 cm³/mol. The summed E-state index contributed by atoms with van der Waals surface area (Å²) in [5, 5.41) is 0.845. The number of nitrogens with two attached hydrogens (primary N) is 1. The molecule has 108 valence electrons. The Morgan fingerprint density at radius 2 is 1.63 bits per heavy atom. The molecule has 1 aromatic rings.